The molecule has 0 aromatic carbocycles. The molecule has 48 valence electrons. The van der Waals surface area contributed by atoms with Crippen molar-refractivity contribution in [2.45, 2.75) is 0 Å². The van der Waals surface area contributed by atoms with Crippen molar-refractivity contribution in [2.24, 2.45) is 0 Å². The zero-order chi connectivity index (χ0) is 6.85. The summed E-state index contributed by atoms with van der Waals surface area (Å²) in [6.07, 6.45) is 1.06. The number of aromatic nitrogens is 1. The fourth-order valence-electron chi connectivity index (χ4n) is 0.391. The Hall–Kier alpha value is -0.150. The van der Waals surface area contributed by atoms with E-state index in [4.69, 9.17) is 11.6 Å². The highest BCUT2D eigenvalue weighted by Crippen LogP contribution is 2.16. The molecule has 0 radical (unpaired) electrons. The van der Waals surface area contributed by atoms with Gasteiger partial charge < -0.3 is 0 Å². The quantitative estimate of drug-likeness (QED) is 0.600. The Morgan fingerprint density at radius 1 is 1.67 bits per heavy atom. The van der Waals surface area contributed by atoms with Crippen LogP contribution in [0.3, 0.4) is 0 Å². The summed E-state index contributed by atoms with van der Waals surface area (Å²) >= 11 is 8.36. The predicted octanol–water partition coefficient (Wildman–Crippen LogP) is 2.64. The minimum absolute atomic E-state index is 0.281. The zero-order valence-corrected chi connectivity index (χ0v) is 6.58. The number of rotatable bonds is 0. The lowest BCUT2D eigenvalue weighted by Gasteiger charge is -1.90. The van der Waals surface area contributed by atoms with Crippen molar-refractivity contribution in [1.82, 2.24) is 4.98 Å². The Kier molecular flexibility index (Phi) is 2.03. The van der Waals surface area contributed by atoms with E-state index in [0.717, 1.165) is 6.20 Å². The van der Waals surface area contributed by atoms with Crippen molar-refractivity contribution < 1.29 is 4.39 Å². The summed E-state index contributed by atoms with van der Waals surface area (Å²) in [4.78, 5) is 3.50. The molecule has 1 rings (SSSR count). The molecule has 0 spiro atoms. The van der Waals surface area contributed by atoms with Gasteiger partial charge in [-0.05, 0) is 22.0 Å². The van der Waals surface area contributed by atoms with Crippen molar-refractivity contribution in [3.8, 4) is 0 Å². The monoisotopic (exact) mass is 209 g/mol. The zero-order valence-electron chi connectivity index (χ0n) is 4.24. The van der Waals surface area contributed by atoms with Gasteiger partial charge in [0, 0.05) is 0 Å². The molecule has 0 aliphatic rings. The molecule has 0 atom stereocenters. The van der Waals surface area contributed by atoms with E-state index in [1.807, 2.05) is 0 Å². The molecule has 4 heteroatoms. The molecule has 0 saturated heterocycles. The highest BCUT2D eigenvalue weighted by molar-refractivity contribution is 9.10. The van der Waals surface area contributed by atoms with Gasteiger partial charge in [0.1, 0.15) is 5.15 Å². The molecule has 0 bridgehead atoms. The third kappa shape index (κ3) is 1.63. The van der Waals surface area contributed by atoms with Crippen molar-refractivity contribution in [3.05, 3.63) is 27.7 Å². The molecule has 0 aliphatic heterocycles. The highest BCUT2D eigenvalue weighted by atomic mass is 79.9. The SMILES string of the molecule is Fc1cnc(Cl)cc1Br. The second-order valence-corrected chi connectivity index (χ2v) is 2.66. The van der Waals surface area contributed by atoms with E-state index in [9.17, 15) is 4.39 Å². The van der Waals surface area contributed by atoms with Gasteiger partial charge in [-0.1, -0.05) is 11.6 Å². The van der Waals surface area contributed by atoms with Gasteiger partial charge in [0.05, 0.1) is 10.7 Å². The summed E-state index contributed by atoms with van der Waals surface area (Å²) in [6, 6.07) is 1.40. The molecule has 0 saturated carbocycles. The third-order valence-electron chi connectivity index (χ3n) is 0.775. The number of pyridine rings is 1. The maximum atomic E-state index is 12.3. The molecule has 0 aliphatic carbocycles. The number of hydrogen-bond donors (Lipinski definition) is 0. The first-order valence-electron chi connectivity index (χ1n) is 2.16. The van der Waals surface area contributed by atoms with Crippen LogP contribution in [-0.2, 0) is 0 Å². The van der Waals surface area contributed by atoms with Gasteiger partial charge in [-0.25, -0.2) is 9.37 Å². The van der Waals surface area contributed by atoms with Crippen LogP contribution >= 0.6 is 27.5 Å². The fourth-order valence-corrected chi connectivity index (χ4v) is 1.000. The first-order chi connectivity index (χ1) is 4.20. The molecule has 0 fully saturated rings. The van der Waals surface area contributed by atoms with E-state index in [-0.39, 0.29) is 5.15 Å². The lowest BCUT2D eigenvalue weighted by Crippen LogP contribution is -1.79. The summed E-state index contributed by atoms with van der Waals surface area (Å²) in [7, 11) is 0. The van der Waals surface area contributed by atoms with E-state index in [2.05, 4.69) is 20.9 Å². The second kappa shape index (κ2) is 2.62. The fraction of sp³-hybridized carbons (Fsp3) is 0. The van der Waals surface area contributed by atoms with Crippen molar-refractivity contribution >= 4 is 27.5 Å². The van der Waals surface area contributed by atoms with E-state index in [1.54, 1.807) is 0 Å². The van der Waals surface area contributed by atoms with Gasteiger partial charge in [0.25, 0.3) is 0 Å². The van der Waals surface area contributed by atoms with Gasteiger partial charge in [-0.3, -0.25) is 0 Å². The Morgan fingerprint density at radius 3 is 2.78 bits per heavy atom. The van der Waals surface area contributed by atoms with Crippen molar-refractivity contribution in [2.75, 3.05) is 0 Å². The van der Waals surface area contributed by atoms with E-state index < -0.39 is 5.82 Å². The Bertz CT molecular complexity index is 228. The van der Waals surface area contributed by atoms with E-state index in [0.29, 0.717) is 4.47 Å². The van der Waals surface area contributed by atoms with Gasteiger partial charge in [0.2, 0.25) is 0 Å². The van der Waals surface area contributed by atoms with Crippen LogP contribution < -0.4 is 0 Å². The second-order valence-electron chi connectivity index (χ2n) is 1.42. The Balaban J connectivity index is 3.17. The van der Waals surface area contributed by atoms with Crippen LogP contribution in [-0.4, -0.2) is 4.98 Å². The molecule has 0 N–H and O–H groups in total. The van der Waals surface area contributed by atoms with Gasteiger partial charge in [-0.15, -0.1) is 0 Å². The van der Waals surface area contributed by atoms with Gasteiger partial charge in [-0.2, -0.15) is 0 Å². The number of nitrogens with zero attached hydrogens (tertiary/aromatic N) is 1. The standard InChI is InChI=1S/C5H2BrClFN/c6-3-1-5(7)9-2-4(3)8/h1-2H. The van der Waals surface area contributed by atoms with Crippen LogP contribution in [0.2, 0.25) is 5.15 Å². The summed E-state index contributed by atoms with van der Waals surface area (Å²) < 4.78 is 12.7. The molecule has 0 amide bonds. The first-order valence-corrected chi connectivity index (χ1v) is 3.34. The predicted molar refractivity (Wildman–Crippen MR) is 36.9 cm³/mol. The lowest BCUT2D eigenvalue weighted by molar-refractivity contribution is 0.614. The number of halogens is 3. The summed E-state index contributed by atoms with van der Waals surface area (Å²) in [5, 5.41) is 0.281. The molecular formula is C5H2BrClFN. The number of hydrogen-bond acceptors (Lipinski definition) is 1. The Labute approximate surface area is 65.0 Å². The molecular weight excluding hydrogens is 208 g/mol. The van der Waals surface area contributed by atoms with Crippen molar-refractivity contribution in [3.63, 3.8) is 0 Å². The van der Waals surface area contributed by atoms with Crippen LogP contribution in [0, 0.1) is 5.82 Å². The molecule has 1 nitrogen and oxygen atoms in total. The van der Waals surface area contributed by atoms with Crippen LogP contribution in [0.4, 0.5) is 4.39 Å². The highest BCUT2D eigenvalue weighted by Gasteiger charge is 1.97. The third-order valence-corrected chi connectivity index (χ3v) is 1.59. The van der Waals surface area contributed by atoms with Gasteiger partial charge in [0.15, 0.2) is 5.82 Å². The summed E-state index contributed by atoms with van der Waals surface area (Å²) in [5.41, 5.74) is 0. The maximum absolute atomic E-state index is 12.3. The average Bonchev–Trinajstić information content (AvgIpc) is 1.80. The first kappa shape index (κ1) is 6.96. The molecule has 0 unspecified atom stereocenters. The van der Waals surface area contributed by atoms with Crippen LogP contribution in [0.1, 0.15) is 0 Å². The van der Waals surface area contributed by atoms with Crippen LogP contribution in [0.5, 0.6) is 0 Å². The molecule has 1 heterocycles. The van der Waals surface area contributed by atoms with E-state index >= 15 is 0 Å². The van der Waals surface area contributed by atoms with Gasteiger partial charge >= 0.3 is 0 Å². The summed E-state index contributed by atoms with van der Waals surface area (Å²) in [5.74, 6) is -0.403. The normalized spacial score (nSPS) is 9.67. The smallest absolute Gasteiger partial charge is 0.155 e. The molecule has 9 heavy (non-hydrogen) atoms. The lowest BCUT2D eigenvalue weighted by atomic mass is 10.5. The topological polar surface area (TPSA) is 12.9 Å². The molecule has 1 aromatic heterocycles. The Morgan fingerprint density at radius 2 is 2.33 bits per heavy atom. The van der Waals surface area contributed by atoms with Crippen molar-refractivity contribution in [1.29, 1.82) is 0 Å². The van der Waals surface area contributed by atoms with E-state index in [1.165, 1.54) is 6.07 Å². The maximum Gasteiger partial charge on any atom is 0.155 e. The largest absolute Gasteiger partial charge is 0.241 e. The summed E-state index contributed by atoms with van der Waals surface area (Å²) in [6.45, 7) is 0. The van der Waals surface area contributed by atoms with Crippen LogP contribution in [0.15, 0.2) is 16.7 Å². The average molecular weight is 210 g/mol. The minimum atomic E-state index is -0.403. The van der Waals surface area contributed by atoms with Crippen LogP contribution in [0.25, 0.3) is 0 Å². The minimum Gasteiger partial charge on any atom is -0.241 e. The molecule has 1 aromatic rings.